The fourth-order valence-electron chi connectivity index (χ4n) is 3.99. The highest BCUT2D eigenvalue weighted by Gasteiger charge is 2.44. The molecule has 1 aliphatic carbocycles. The maximum Gasteiger partial charge on any atom is 0.317 e. The number of hydrogen-bond acceptors (Lipinski definition) is 2. The highest BCUT2D eigenvalue weighted by molar-refractivity contribution is 5.74. The van der Waals surface area contributed by atoms with Crippen LogP contribution in [0.3, 0.4) is 0 Å². The second-order valence-corrected chi connectivity index (χ2v) is 7.78. The summed E-state index contributed by atoms with van der Waals surface area (Å²) in [6.07, 6.45) is 7.93. The van der Waals surface area contributed by atoms with E-state index < -0.39 is 0 Å². The van der Waals surface area contributed by atoms with Gasteiger partial charge in [0.25, 0.3) is 0 Å². The number of nitrogens with zero attached hydrogens (tertiary/aromatic N) is 3. The Balaban J connectivity index is 1.29. The molecule has 2 aromatic rings. The SMILES string of the molecule is Cn1cc(CC2CCN(C(=O)NCC3(c4cccc(F)c4)CC3)C2)cn1. The maximum absolute atomic E-state index is 13.5. The smallest absolute Gasteiger partial charge is 0.317 e. The third-order valence-electron chi connectivity index (χ3n) is 5.72. The molecule has 1 aromatic heterocycles. The number of aryl methyl sites for hydroxylation is 1. The molecular formula is C20H25FN4O. The van der Waals surface area contributed by atoms with Gasteiger partial charge in [-0.15, -0.1) is 0 Å². The number of halogens is 1. The summed E-state index contributed by atoms with van der Waals surface area (Å²) in [6, 6.07) is 6.77. The monoisotopic (exact) mass is 356 g/mol. The van der Waals surface area contributed by atoms with Crippen molar-refractivity contribution in [3.05, 3.63) is 53.6 Å². The summed E-state index contributed by atoms with van der Waals surface area (Å²) in [5.74, 6) is 0.279. The standard InChI is InChI=1S/C20H25FN4O/c1-24-12-16(11-23-24)9-15-5-8-25(13-15)19(26)22-14-20(6-7-20)17-3-2-4-18(21)10-17/h2-4,10-12,15H,5-9,13-14H2,1H3,(H,22,26). The Bertz CT molecular complexity index is 799. The van der Waals surface area contributed by atoms with Crippen molar-refractivity contribution < 1.29 is 9.18 Å². The number of carbonyl (C=O) groups is 1. The minimum Gasteiger partial charge on any atom is -0.337 e. The summed E-state index contributed by atoms with van der Waals surface area (Å²) in [5, 5.41) is 7.29. The molecule has 2 amide bonds. The molecule has 5 nitrogen and oxygen atoms in total. The quantitative estimate of drug-likeness (QED) is 0.896. The third-order valence-corrected chi connectivity index (χ3v) is 5.72. The normalized spacial score (nSPS) is 21.0. The molecule has 2 aliphatic rings. The van der Waals surface area contributed by atoms with Crippen molar-refractivity contribution in [3.63, 3.8) is 0 Å². The van der Waals surface area contributed by atoms with Crippen LogP contribution in [-0.4, -0.2) is 40.3 Å². The van der Waals surface area contributed by atoms with Crippen molar-refractivity contribution in [2.75, 3.05) is 19.6 Å². The van der Waals surface area contributed by atoms with Gasteiger partial charge in [-0.2, -0.15) is 5.10 Å². The molecule has 1 saturated heterocycles. The van der Waals surface area contributed by atoms with Crippen LogP contribution in [0.1, 0.15) is 30.4 Å². The van der Waals surface area contributed by atoms with Crippen LogP contribution in [0.2, 0.25) is 0 Å². The molecule has 1 aromatic carbocycles. The fourth-order valence-corrected chi connectivity index (χ4v) is 3.99. The Kier molecular flexibility index (Phi) is 4.42. The van der Waals surface area contributed by atoms with E-state index in [9.17, 15) is 9.18 Å². The zero-order chi connectivity index (χ0) is 18.1. The van der Waals surface area contributed by atoms with Crippen LogP contribution < -0.4 is 5.32 Å². The Hall–Kier alpha value is -2.37. The molecule has 26 heavy (non-hydrogen) atoms. The van der Waals surface area contributed by atoms with Crippen LogP contribution in [0.5, 0.6) is 0 Å². The summed E-state index contributed by atoms with van der Waals surface area (Å²) in [6.45, 7) is 2.16. The lowest BCUT2D eigenvalue weighted by Crippen LogP contribution is -2.42. The molecule has 0 radical (unpaired) electrons. The lowest BCUT2D eigenvalue weighted by molar-refractivity contribution is 0.206. The number of carbonyl (C=O) groups excluding carboxylic acids is 1. The topological polar surface area (TPSA) is 50.2 Å². The fraction of sp³-hybridized carbons (Fsp3) is 0.500. The van der Waals surface area contributed by atoms with E-state index in [4.69, 9.17) is 0 Å². The molecule has 6 heteroatoms. The number of urea groups is 1. The van der Waals surface area contributed by atoms with Gasteiger partial charge in [-0.25, -0.2) is 9.18 Å². The van der Waals surface area contributed by atoms with Gasteiger partial charge in [0.05, 0.1) is 6.20 Å². The van der Waals surface area contributed by atoms with Crippen molar-refractivity contribution >= 4 is 6.03 Å². The van der Waals surface area contributed by atoms with E-state index in [1.54, 1.807) is 12.1 Å². The third kappa shape index (κ3) is 3.59. The van der Waals surface area contributed by atoms with Gasteiger partial charge >= 0.3 is 6.03 Å². The zero-order valence-corrected chi connectivity index (χ0v) is 15.1. The van der Waals surface area contributed by atoms with Crippen LogP contribution in [0.15, 0.2) is 36.7 Å². The van der Waals surface area contributed by atoms with Gasteiger partial charge in [-0.05, 0) is 54.9 Å². The number of benzene rings is 1. The Morgan fingerprint density at radius 2 is 2.27 bits per heavy atom. The molecular weight excluding hydrogens is 331 g/mol. The molecule has 138 valence electrons. The van der Waals surface area contributed by atoms with Gasteiger partial charge in [0.1, 0.15) is 5.82 Å². The number of amides is 2. The molecule has 4 rings (SSSR count). The zero-order valence-electron chi connectivity index (χ0n) is 15.1. The lowest BCUT2D eigenvalue weighted by atomic mass is 9.96. The average Bonchev–Trinajstić information content (AvgIpc) is 3.09. The largest absolute Gasteiger partial charge is 0.337 e. The second kappa shape index (κ2) is 6.74. The van der Waals surface area contributed by atoms with Gasteiger partial charge < -0.3 is 10.2 Å². The molecule has 1 N–H and O–H groups in total. The second-order valence-electron chi connectivity index (χ2n) is 7.78. The molecule has 1 atom stereocenters. The first-order valence-electron chi connectivity index (χ1n) is 9.30. The van der Waals surface area contributed by atoms with Gasteiger partial charge in [0.15, 0.2) is 0 Å². The minimum absolute atomic E-state index is 0.00126. The van der Waals surface area contributed by atoms with Gasteiger partial charge in [0, 0.05) is 38.3 Å². The number of likely N-dealkylation sites (tertiary alicyclic amines) is 1. The molecule has 2 heterocycles. The summed E-state index contributed by atoms with van der Waals surface area (Å²) in [5.41, 5.74) is 2.14. The van der Waals surface area contributed by atoms with Gasteiger partial charge in [0.2, 0.25) is 0 Å². The van der Waals surface area contributed by atoms with Crippen molar-refractivity contribution in [2.45, 2.75) is 31.1 Å². The Labute approximate surface area is 153 Å². The molecule has 1 unspecified atom stereocenters. The van der Waals surface area contributed by atoms with E-state index in [1.807, 2.05) is 35.1 Å². The van der Waals surface area contributed by atoms with Gasteiger partial charge in [-0.3, -0.25) is 4.68 Å². The Morgan fingerprint density at radius 1 is 1.42 bits per heavy atom. The van der Waals surface area contributed by atoms with E-state index in [1.165, 1.54) is 11.6 Å². The van der Waals surface area contributed by atoms with Crippen molar-refractivity contribution in [2.24, 2.45) is 13.0 Å². The van der Waals surface area contributed by atoms with E-state index in [0.717, 1.165) is 44.3 Å². The van der Waals surface area contributed by atoms with E-state index in [0.29, 0.717) is 12.5 Å². The predicted octanol–water partition coefficient (Wildman–Crippen LogP) is 2.87. The summed E-state index contributed by atoms with van der Waals surface area (Å²) in [7, 11) is 1.92. The van der Waals surface area contributed by atoms with Crippen LogP contribution >= 0.6 is 0 Å². The highest BCUT2D eigenvalue weighted by atomic mass is 19.1. The van der Waals surface area contributed by atoms with Crippen LogP contribution in [0.4, 0.5) is 9.18 Å². The van der Waals surface area contributed by atoms with Crippen molar-refractivity contribution in [1.82, 2.24) is 20.0 Å². The Morgan fingerprint density at radius 3 is 2.96 bits per heavy atom. The molecule has 0 bridgehead atoms. The maximum atomic E-state index is 13.5. The van der Waals surface area contributed by atoms with E-state index in [2.05, 4.69) is 10.4 Å². The summed E-state index contributed by atoms with van der Waals surface area (Å²) in [4.78, 5) is 14.4. The predicted molar refractivity (Wildman–Crippen MR) is 97.3 cm³/mol. The number of aromatic nitrogens is 2. The summed E-state index contributed by atoms with van der Waals surface area (Å²) < 4.78 is 15.3. The number of nitrogens with one attached hydrogen (secondary N) is 1. The van der Waals surface area contributed by atoms with Crippen molar-refractivity contribution in [1.29, 1.82) is 0 Å². The van der Waals surface area contributed by atoms with Crippen molar-refractivity contribution in [3.8, 4) is 0 Å². The molecule has 0 spiro atoms. The van der Waals surface area contributed by atoms with Gasteiger partial charge in [-0.1, -0.05) is 12.1 Å². The first-order chi connectivity index (χ1) is 12.5. The number of hydrogen-bond donors (Lipinski definition) is 1. The first kappa shape index (κ1) is 17.1. The average molecular weight is 356 g/mol. The van der Waals surface area contributed by atoms with Crippen LogP contribution in [0.25, 0.3) is 0 Å². The summed E-state index contributed by atoms with van der Waals surface area (Å²) >= 11 is 0. The number of rotatable bonds is 5. The van der Waals surface area contributed by atoms with Crippen LogP contribution in [0, 0.1) is 11.7 Å². The lowest BCUT2D eigenvalue weighted by Gasteiger charge is -2.21. The molecule has 1 saturated carbocycles. The molecule has 2 fully saturated rings. The highest BCUT2D eigenvalue weighted by Crippen LogP contribution is 2.47. The molecule has 1 aliphatic heterocycles. The van der Waals surface area contributed by atoms with E-state index in [-0.39, 0.29) is 17.3 Å². The first-order valence-corrected chi connectivity index (χ1v) is 9.30. The van der Waals surface area contributed by atoms with E-state index >= 15 is 0 Å². The van der Waals surface area contributed by atoms with Crippen LogP contribution in [-0.2, 0) is 18.9 Å². The minimum atomic E-state index is -0.210.